The van der Waals surface area contributed by atoms with Gasteiger partial charge in [0.2, 0.25) is 5.91 Å². The van der Waals surface area contributed by atoms with Gasteiger partial charge >= 0.3 is 0 Å². The van der Waals surface area contributed by atoms with Crippen molar-refractivity contribution >= 4 is 52.5 Å². The second-order valence-electron chi connectivity index (χ2n) is 8.59. The quantitative estimate of drug-likeness (QED) is 0.307. The Morgan fingerprint density at radius 3 is 2.68 bits per heavy atom. The number of hydrogen-bond acceptors (Lipinski definition) is 5. The number of halogens is 2. The van der Waals surface area contributed by atoms with Crippen LogP contribution in [0, 0.1) is 6.92 Å². The topological polar surface area (TPSA) is 80.1 Å². The van der Waals surface area contributed by atoms with Crippen LogP contribution in [0.4, 0.5) is 5.69 Å². The number of fused-ring (bicyclic) bond motifs is 1. The molecular formula is C27H23Cl2N5O2S. The zero-order valence-corrected chi connectivity index (χ0v) is 22.3. The predicted octanol–water partition coefficient (Wildman–Crippen LogP) is 5.49. The largest absolute Gasteiger partial charge is 0.345 e. The minimum atomic E-state index is -0.350. The summed E-state index contributed by atoms with van der Waals surface area (Å²) in [6.45, 7) is 2.79. The van der Waals surface area contributed by atoms with Crippen molar-refractivity contribution in [1.82, 2.24) is 20.1 Å². The van der Waals surface area contributed by atoms with Gasteiger partial charge in [-0.2, -0.15) is 0 Å². The number of rotatable bonds is 7. The molecule has 0 saturated heterocycles. The Morgan fingerprint density at radius 2 is 1.86 bits per heavy atom. The molecule has 5 rings (SSSR count). The Kier molecular flexibility index (Phi) is 7.50. The average molecular weight is 552 g/mol. The molecule has 0 bridgehead atoms. The number of anilines is 1. The van der Waals surface area contributed by atoms with E-state index in [4.69, 9.17) is 23.2 Å². The molecule has 1 N–H and O–H groups in total. The highest BCUT2D eigenvalue weighted by Crippen LogP contribution is 2.29. The Morgan fingerprint density at radius 1 is 1.03 bits per heavy atom. The highest BCUT2D eigenvalue weighted by atomic mass is 35.5. The van der Waals surface area contributed by atoms with E-state index < -0.39 is 0 Å². The molecule has 0 fully saturated rings. The number of benzene rings is 3. The van der Waals surface area contributed by atoms with Crippen molar-refractivity contribution < 1.29 is 9.59 Å². The van der Waals surface area contributed by atoms with Crippen molar-refractivity contribution in [2.45, 2.75) is 25.0 Å². The summed E-state index contributed by atoms with van der Waals surface area (Å²) in [4.78, 5) is 27.7. The average Bonchev–Trinajstić information content (AvgIpc) is 3.50. The summed E-state index contributed by atoms with van der Waals surface area (Å²) in [5, 5.41) is 12.8. The van der Waals surface area contributed by atoms with Gasteiger partial charge in [0.25, 0.3) is 5.91 Å². The number of carbonyl (C=O) groups excluding carboxylic acids is 2. The third kappa shape index (κ3) is 5.51. The zero-order chi connectivity index (χ0) is 25.9. The Hall–Kier alpha value is -3.33. The van der Waals surface area contributed by atoms with Crippen molar-refractivity contribution in [3.05, 3.63) is 99.3 Å². The second kappa shape index (κ2) is 11.0. The van der Waals surface area contributed by atoms with Gasteiger partial charge in [0, 0.05) is 22.9 Å². The lowest BCUT2D eigenvalue weighted by Gasteiger charge is -2.17. The smallest absolute Gasteiger partial charge is 0.253 e. The molecule has 10 heteroatoms. The van der Waals surface area contributed by atoms with Crippen molar-refractivity contribution in [2.24, 2.45) is 0 Å². The van der Waals surface area contributed by atoms with Crippen LogP contribution in [-0.4, -0.2) is 38.9 Å². The molecule has 37 heavy (non-hydrogen) atoms. The molecule has 0 aliphatic carbocycles. The third-order valence-corrected chi connectivity index (χ3v) is 7.52. The van der Waals surface area contributed by atoms with E-state index in [-0.39, 0.29) is 29.1 Å². The van der Waals surface area contributed by atoms with E-state index in [9.17, 15) is 9.59 Å². The maximum Gasteiger partial charge on any atom is 0.253 e. The first-order valence-electron chi connectivity index (χ1n) is 11.7. The number of carbonyl (C=O) groups is 2. The van der Waals surface area contributed by atoms with E-state index in [1.54, 1.807) is 12.1 Å². The molecular weight excluding hydrogens is 529 g/mol. The van der Waals surface area contributed by atoms with E-state index in [0.717, 1.165) is 23.4 Å². The molecule has 2 heterocycles. The molecule has 1 aromatic heterocycles. The summed E-state index contributed by atoms with van der Waals surface area (Å²) in [6, 6.07) is 20.6. The van der Waals surface area contributed by atoms with Gasteiger partial charge in [-0.1, -0.05) is 65.3 Å². The molecule has 2 amide bonds. The number of hydrogen-bond donors (Lipinski definition) is 1. The van der Waals surface area contributed by atoms with Crippen molar-refractivity contribution in [3.8, 4) is 5.69 Å². The fourth-order valence-electron chi connectivity index (χ4n) is 4.26. The Labute approximate surface area is 228 Å². The maximum atomic E-state index is 13.1. The van der Waals surface area contributed by atoms with E-state index in [2.05, 4.69) is 21.6 Å². The number of aromatic nitrogens is 3. The van der Waals surface area contributed by atoms with Gasteiger partial charge in [-0.25, -0.2) is 0 Å². The molecule has 0 spiro atoms. The molecule has 1 aliphatic rings. The van der Waals surface area contributed by atoms with Crippen LogP contribution in [0.1, 0.15) is 27.3 Å². The molecule has 0 unspecified atom stereocenters. The highest BCUT2D eigenvalue weighted by Gasteiger charge is 2.25. The summed E-state index contributed by atoms with van der Waals surface area (Å²) in [5.41, 5.74) is 4.38. The lowest BCUT2D eigenvalue weighted by molar-refractivity contribution is -0.116. The summed E-state index contributed by atoms with van der Waals surface area (Å²) in [5.74, 6) is 0.411. The van der Waals surface area contributed by atoms with E-state index in [1.165, 1.54) is 23.4 Å². The van der Waals surface area contributed by atoms with E-state index in [0.29, 0.717) is 28.1 Å². The van der Waals surface area contributed by atoms with Crippen LogP contribution in [-0.2, 0) is 17.8 Å². The first-order chi connectivity index (χ1) is 17.9. The Bertz CT molecular complexity index is 1490. The Balaban J connectivity index is 1.35. The summed E-state index contributed by atoms with van der Waals surface area (Å²) in [6.07, 6.45) is 0.855. The molecule has 3 aromatic carbocycles. The van der Waals surface area contributed by atoms with Crippen molar-refractivity contribution in [2.75, 3.05) is 17.2 Å². The van der Waals surface area contributed by atoms with Gasteiger partial charge in [-0.15, -0.1) is 10.2 Å². The van der Waals surface area contributed by atoms with Crippen molar-refractivity contribution in [3.63, 3.8) is 0 Å². The molecule has 0 radical (unpaired) electrons. The first-order valence-corrected chi connectivity index (χ1v) is 13.4. The van der Waals surface area contributed by atoms with Crippen LogP contribution in [0.25, 0.3) is 5.69 Å². The normalized spacial score (nSPS) is 12.5. The SMILES string of the molecule is Cc1cccc(-n2c(CNC(=O)c3ccc(Cl)cc3Cl)nnc2SCC(=O)N2CCc3ccccc32)c1. The van der Waals surface area contributed by atoms with Gasteiger partial charge in [0.1, 0.15) is 0 Å². The van der Waals surface area contributed by atoms with Crippen LogP contribution in [0.5, 0.6) is 0 Å². The molecule has 7 nitrogen and oxygen atoms in total. The molecule has 188 valence electrons. The monoisotopic (exact) mass is 551 g/mol. The summed E-state index contributed by atoms with van der Waals surface area (Å²) >= 11 is 13.5. The lowest BCUT2D eigenvalue weighted by Crippen LogP contribution is -2.30. The minimum absolute atomic E-state index is 0.0148. The first kappa shape index (κ1) is 25.3. The number of para-hydroxylation sites is 1. The van der Waals surface area contributed by atoms with Crippen LogP contribution in [0.2, 0.25) is 10.0 Å². The van der Waals surface area contributed by atoms with Gasteiger partial charge in [0.15, 0.2) is 11.0 Å². The summed E-state index contributed by atoms with van der Waals surface area (Å²) in [7, 11) is 0. The molecule has 4 aromatic rings. The van der Waals surface area contributed by atoms with Gasteiger partial charge in [0.05, 0.1) is 22.9 Å². The zero-order valence-electron chi connectivity index (χ0n) is 19.9. The number of aryl methyl sites for hydroxylation is 1. The molecule has 0 atom stereocenters. The molecule has 1 aliphatic heterocycles. The van der Waals surface area contributed by atoms with Crippen LogP contribution >= 0.6 is 35.0 Å². The standard InChI is InChI=1S/C27H23Cl2N5O2S/c1-17-5-4-7-20(13-17)34-24(15-30-26(36)21-10-9-19(28)14-22(21)29)31-32-27(34)37-16-25(35)33-12-11-18-6-2-3-8-23(18)33/h2-10,13-14H,11-12,15-16H2,1H3,(H,30,36). The summed E-state index contributed by atoms with van der Waals surface area (Å²) < 4.78 is 1.87. The number of nitrogens with one attached hydrogen (secondary N) is 1. The van der Waals surface area contributed by atoms with E-state index >= 15 is 0 Å². The molecule has 0 saturated carbocycles. The fraction of sp³-hybridized carbons (Fsp3) is 0.185. The van der Waals surface area contributed by atoms with Crippen LogP contribution < -0.4 is 10.2 Å². The second-order valence-corrected chi connectivity index (χ2v) is 10.4. The maximum absolute atomic E-state index is 13.1. The van der Waals surface area contributed by atoms with Crippen molar-refractivity contribution in [1.29, 1.82) is 0 Å². The van der Waals surface area contributed by atoms with Gasteiger partial charge in [-0.3, -0.25) is 14.2 Å². The fourth-order valence-corrected chi connectivity index (χ4v) is 5.61. The number of amides is 2. The predicted molar refractivity (Wildman–Crippen MR) is 147 cm³/mol. The number of thioether (sulfide) groups is 1. The minimum Gasteiger partial charge on any atom is -0.345 e. The van der Waals surface area contributed by atoms with Crippen LogP contribution in [0.15, 0.2) is 71.9 Å². The lowest BCUT2D eigenvalue weighted by atomic mass is 10.2. The van der Waals surface area contributed by atoms with Gasteiger partial charge in [-0.05, 0) is 60.9 Å². The van der Waals surface area contributed by atoms with Gasteiger partial charge < -0.3 is 10.2 Å². The third-order valence-electron chi connectivity index (χ3n) is 6.06. The van der Waals surface area contributed by atoms with Crippen LogP contribution in [0.3, 0.4) is 0 Å². The highest BCUT2D eigenvalue weighted by molar-refractivity contribution is 7.99. The number of nitrogens with zero attached hydrogens (tertiary/aromatic N) is 4. The van der Waals surface area contributed by atoms with E-state index in [1.807, 2.05) is 58.9 Å².